The Morgan fingerprint density at radius 2 is 2.05 bits per heavy atom. The van der Waals surface area contributed by atoms with Crippen molar-refractivity contribution in [3.8, 4) is 0 Å². The van der Waals surface area contributed by atoms with E-state index < -0.39 is 0 Å². The maximum absolute atomic E-state index is 12.3. The topological polar surface area (TPSA) is 41.6 Å². The minimum Gasteiger partial charge on any atom is -0.378 e. The van der Waals surface area contributed by atoms with Gasteiger partial charge in [0.05, 0.1) is 6.10 Å². The molecule has 3 aliphatic rings. The van der Waals surface area contributed by atoms with Crippen LogP contribution in [0.25, 0.3) is 0 Å². The zero-order valence-electron chi connectivity index (χ0n) is 11.8. The molecule has 3 rings (SSSR count). The summed E-state index contributed by atoms with van der Waals surface area (Å²) in [5, 5.41) is 3.62. The summed E-state index contributed by atoms with van der Waals surface area (Å²) >= 11 is 0. The summed E-state index contributed by atoms with van der Waals surface area (Å²) in [5.41, 5.74) is 0. The van der Waals surface area contributed by atoms with E-state index in [0.29, 0.717) is 30.5 Å². The number of nitrogens with zero attached hydrogens (tertiary/aromatic N) is 1. The molecule has 0 saturated carbocycles. The first-order valence-electron chi connectivity index (χ1n) is 7.96. The molecule has 3 unspecified atom stereocenters. The fraction of sp³-hybridized carbons (Fsp3) is 0.933. The van der Waals surface area contributed by atoms with Crippen LogP contribution in [0.5, 0.6) is 0 Å². The van der Waals surface area contributed by atoms with Gasteiger partial charge < -0.3 is 15.0 Å². The van der Waals surface area contributed by atoms with E-state index in [4.69, 9.17) is 4.74 Å². The highest BCUT2D eigenvalue weighted by Gasteiger charge is 2.31. The number of fused-ring (bicyclic) bond motifs is 2. The lowest BCUT2D eigenvalue weighted by Gasteiger charge is -2.26. The van der Waals surface area contributed by atoms with Crippen molar-refractivity contribution in [2.24, 2.45) is 0 Å². The summed E-state index contributed by atoms with van der Waals surface area (Å²) in [6, 6.07) is 1.20. The predicted octanol–water partition coefficient (Wildman–Crippen LogP) is 1.69. The van der Waals surface area contributed by atoms with Gasteiger partial charge in [-0.05, 0) is 44.9 Å². The second-order valence-corrected chi connectivity index (χ2v) is 6.29. The summed E-state index contributed by atoms with van der Waals surface area (Å²) in [6.07, 6.45) is 9.16. The Morgan fingerprint density at radius 1 is 1.16 bits per heavy atom. The highest BCUT2D eigenvalue weighted by molar-refractivity contribution is 5.76. The van der Waals surface area contributed by atoms with Gasteiger partial charge in [0.15, 0.2) is 0 Å². The quantitative estimate of drug-likeness (QED) is 0.845. The lowest BCUT2D eigenvalue weighted by Crippen LogP contribution is -2.39. The molecule has 0 spiro atoms. The van der Waals surface area contributed by atoms with Gasteiger partial charge in [-0.1, -0.05) is 0 Å². The third kappa shape index (κ3) is 3.48. The summed E-state index contributed by atoms with van der Waals surface area (Å²) in [6.45, 7) is 2.75. The average Bonchev–Trinajstić information content (AvgIpc) is 2.77. The molecular weight excluding hydrogens is 240 g/mol. The zero-order chi connectivity index (χ0) is 13.1. The second kappa shape index (κ2) is 6.23. The number of hydrogen-bond acceptors (Lipinski definition) is 3. The number of carbonyl (C=O) groups excluding carboxylic acids is 1. The van der Waals surface area contributed by atoms with Gasteiger partial charge in [0.1, 0.15) is 0 Å². The van der Waals surface area contributed by atoms with Crippen molar-refractivity contribution in [3.05, 3.63) is 0 Å². The number of nitrogens with one attached hydrogen (secondary N) is 1. The highest BCUT2D eigenvalue weighted by atomic mass is 16.5. The van der Waals surface area contributed by atoms with E-state index >= 15 is 0 Å². The van der Waals surface area contributed by atoms with Gasteiger partial charge in [0, 0.05) is 38.2 Å². The summed E-state index contributed by atoms with van der Waals surface area (Å²) in [7, 11) is 0. The molecule has 1 amide bonds. The Labute approximate surface area is 115 Å². The van der Waals surface area contributed by atoms with E-state index in [1.165, 1.54) is 25.7 Å². The monoisotopic (exact) mass is 266 g/mol. The molecule has 2 bridgehead atoms. The van der Waals surface area contributed by atoms with Gasteiger partial charge in [0.25, 0.3) is 0 Å². The van der Waals surface area contributed by atoms with Crippen LogP contribution in [0, 0.1) is 0 Å². The van der Waals surface area contributed by atoms with Crippen LogP contribution >= 0.6 is 0 Å². The van der Waals surface area contributed by atoms with Crippen molar-refractivity contribution in [1.82, 2.24) is 10.2 Å². The number of amides is 1. The summed E-state index contributed by atoms with van der Waals surface area (Å²) in [5.74, 6) is 0.337. The average molecular weight is 266 g/mol. The zero-order valence-corrected chi connectivity index (χ0v) is 11.8. The Kier molecular flexibility index (Phi) is 4.38. The van der Waals surface area contributed by atoms with Crippen LogP contribution in [-0.2, 0) is 9.53 Å². The molecule has 0 radical (unpaired) electrons. The van der Waals surface area contributed by atoms with Gasteiger partial charge in [0.2, 0.25) is 5.91 Å². The fourth-order valence-electron chi connectivity index (χ4n) is 3.65. The highest BCUT2D eigenvalue weighted by Crippen LogP contribution is 2.22. The van der Waals surface area contributed by atoms with Crippen molar-refractivity contribution in [3.63, 3.8) is 0 Å². The van der Waals surface area contributed by atoms with E-state index in [0.717, 1.165) is 39.0 Å². The number of ether oxygens (including phenoxy) is 1. The Morgan fingerprint density at radius 3 is 2.89 bits per heavy atom. The minimum atomic E-state index is 0.333. The van der Waals surface area contributed by atoms with E-state index in [-0.39, 0.29) is 0 Å². The number of hydrogen-bond donors (Lipinski definition) is 1. The van der Waals surface area contributed by atoms with Crippen LogP contribution in [0.2, 0.25) is 0 Å². The maximum Gasteiger partial charge on any atom is 0.222 e. The van der Waals surface area contributed by atoms with Crippen LogP contribution in [0.1, 0.15) is 51.4 Å². The molecule has 0 aromatic rings. The molecule has 0 aromatic carbocycles. The Balaban J connectivity index is 1.44. The van der Waals surface area contributed by atoms with Crippen molar-refractivity contribution >= 4 is 5.91 Å². The smallest absolute Gasteiger partial charge is 0.222 e. The van der Waals surface area contributed by atoms with Gasteiger partial charge >= 0.3 is 0 Å². The van der Waals surface area contributed by atoms with E-state index in [1.807, 2.05) is 0 Å². The van der Waals surface area contributed by atoms with Gasteiger partial charge in [-0.2, -0.15) is 0 Å². The normalized spacial score (nSPS) is 35.2. The molecule has 3 atom stereocenters. The molecule has 4 heteroatoms. The number of rotatable bonds is 3. The molecule has 3 aliphatic heterocycles. The molecule has 1 N–H and O–H groups in total. The lowest BCUT2D eigenvalue weighted by molar-refractivity contribution is -0.132. The van der Waals surface area contributed by atoms with Crippen molar-refractivity contribution in [1.29, 1.82) is 0 Å². The molecule has 3 heterocycles. The van der Waals surface area contributed by atoms with Crippen molar-refractivity contribution in [2.75, 3.05) is 19.7 Å². The first-order valence-corrected chi connectivity index (χ1v) is 7.96. The molecular formula is C15H26N2O2. The van der Waals surface area contributed by atoms with Crippen LogP contribution in [0.3, 0.4) is 0 Å². The summed E-state index contributed by atoms with van der Waals surface area (Å²) in [4.78, 5) is 14.4. The van der Waals surface area contributed by atoms with E-state index in [1.54, 1.807) is 0 Å². The first-order chi connectivity index (χ1) is 9.31. The fourth-order valence-corrected chi connectivity index (χ4v) is 3.65. The largest absolute Gasteiger partial charge is 0.378 e. The third-order valence-electron chi connectivity index (χ3n) is 4.83. The third-order valence-corrected chi connectivity index (χ3v) is 4.83. The first kappa shape index (κ1) is 13.4. The Bertz CT molecular complexity index is 315. The SMILES string of the molecule is O=C(CCC1CCCCO1)N1CCC2CCC(C1)N2. The van der Waals surface area contributed by atoms with Gasteiger partial charge in [-0.15, -0.1) is 0 Å². The molecule has 0 aromatic heterocycles. The van der Waals surface area contributed by atoms with E-state index in [9.17, 15) is 4.79 Å². The summed E-state index contributed by atoms with van der Waals surface area (Å²) < 4.78 is 5.71. The van der Waals surface area contributed by atoms with Crippen LogP contribution in [0.4, 0.5) is 0 Å². The van der Waals surface area contributed by atoms with Crippen molar-refractivity contribution in [2.45, 2.75) is 69.6 Å². The van der Waals surface area contributed by atoms with Gasteiger partial charge in [-0.3, -0.25) is 4.79 Å². The standard InChI is InChI=1S/C15H26N2O2/c18-15(7-6-14-3-1-2-10-19-14)17-9-8-12-4-5-13(11-17)16-12/h12-14,16H,1-11H2. The number of likely N-dealkylation sites (tertiary alicyclic amines) is 1. The van der Waals surface area contributed by atoms with Crippen LogP contribution in [0.15, 0.2) is 0 Å². The molecule has 19 heavy (non-hydrogen) atoms. The molecule has 4 nitrogen and oxygen atoms in total. The number of carbonyl (C=O) groups is 1. The molecule has 3 saturated heterocycles. The van der Waals surface area contributed by atoms with Crippen LogP contribution < -0.4 is 5.32 Å². The van der Waals surface area contributed by atoms with Crippen LogP contribution in [-0.4, -0.2) is 48.7 Å². The second-order valence-electron chi connectivity index (χ2n) is 6.29. The van der Waals surface area contributed by atoms with Crippen molar-refractivity contribution < 1.29 is 9.53 Å². The van der Waals surface area contributed by atoms with Gasteiger partial charge in [-0.25, -0.2) is 0 Å². The Hall–Kier alpha value is -0.610. The molecule has 108 valence electrons. The predicted molar refractivity (Wildman–Crippen MR) is 74.0 cm³/mol. The lowest BCUT2D eigenvalue weighted by atomic mass is 10.0. The molecule has 3 fully saturated rings. The molecule has 0 aliphatic carbocycles. The van der Waals surface area contributed by atoms with E-state index in [2.05, 4.69) is 10.2 Å². The maximum atomic E-state index is 12.3. The minimum absolute atomic E-state index is 0.333.